The SMILES string of the molecule is Cc1cc(Br)cnc1NS(=O)(=O)c1cnc(Cl)c(Cl)c1. The lowest BCUT2D eigenvalue weighted by molar-refractivity contribution is 0.600. The van der Waals surface area contributed by atoms with E-state index >= 15 is 0 Å². The smallest absolute Gasteiger partial charge is 0.263 e. The van der Waals surface area contributed by atoms with Crippen LogP contribution in [0.1, 0.15) is 5.56 Å². The molecule has 0 bridgehead atoms. The molecule has 0 aliphatic heterocycles. The highest BCUT2D eigenvalue weighted by Gasteiger charge is 2.18. The third-order valence-corrected chi connectivity index (χ3v) is 4.78. The number of aromatic nitrogens is 2. The van der Waals surface area contributed by atoms with Crippen molar-refractivity contribution in [3.8, 4) is 0 Å². The highest BCUT2D eigenvalue weighted by atomic mass is 79.9. The van der Waals surface area contributed by atoms with E-state index in [1.54, 1.807) is 13.0 Å². The van der Waals surface area contributed by atoms with E-state index in [1.165, 1.54) is 12.3 Å². The van der Waals surface area contributed by atoms with Crippen molar-refractivity contribution in [3.05, 3.63) is 44.7 Å². The minimum Gasteiger partial charge on any atom is -0.263 e. The first-order valence-electron chi connectivity index (χ1n) is 5.25. The van der Waals surface area contributed by atoms with E-state index in [0.29, 0.717) is 5.56 Å². The molecule has 0 amide bonds. The molecule has 0 aliphatic rings. The van der Waals surface area contributed by atoms with Crippen LogP contribution in [0.15, 0.2) is 33.9 Å². The summed E-state index contributed by atoms with van der Waals surface area (Å²) in [4.78, 5) is 7.63. The summed E-state index contributed by atoms with van der Waals surface area (Å²) < 4.78 is 27.5. The van der Waals surface area contributed by atoms with Crippen LogP contribution in [0.5, 0.6) is 0 Å². The summed E-state index contributed by atoms with van der Waals surface area (Å²) in [7, 11) is -3.82. The van der Waals surface area contributed by atoms with Gasteiger partial charge in [0.05, 0.1) is 5.02 Å². The molecule has 2 rings (SSSR count). The molecule has 0 atom stereocenters. The number of halogens is 3. The van der Waals surface area contributed by atoms with Crippen LogP contribution in [0.4, 0.5) is 5.82 Å². The van der Waals surface area contributed by atoms with E-state index in [4.69, 9.17) is 23.2 Å². The molecule has 0 aromatic carbocycles. The fourth-order valence-corrected chi connectivity index (χ4v) is 3.21. The molecule has 2 aromatic heterocycles. The van der Waals surface area contributed by atoms with Gasteiger partial charge in [0.2, 0.25) is 0 Å². The highest BCUT2D eigenvalue weighted by Crippen LogP contribution is 2.24. The van der Waals surface area contributed by atoms with Crippen molar-refractivity contribution in [2.75, 3.05) is 4.72 Å². The highest BCUT2D eigenvalue weighted by molar-refractivity contribution is 9.10. The summed E-state index contributed by atoms with van der Waals surface area (Å²) in [6.45, 7) is 1.74. The fraction of sp³-hybridized carbons (Fsp3) is 0.0909. The van der Waals surface area contributed by atoms with Crippen molar-refractivity contribution in [2.24, 2.45) is 0 Å². The second kappa shape index (κ2) is 5.85. The first-order chi connectivity index (χ1) is 9.29. The lowest BCUT2D eigenvalue weighted by Crippen LogP contribution is -2.15. The van der Waals surface area contributed by atoms with Crippen molar-refractivity contribution >= 4 is 55.0 Å². The predicted molar refractivity (Wildman–Crippen MR) is 81.7 cm³/mol. The Bertz CT molecular complexity index is 768. The van der Waals surface area contributed by atoms with Crippen LogP contribution in [-0.4, -0.2) is 18.4 Å². The van der Waals surface area contributed by atoms with Crippen LogP contribution in [-0.2, 0) is 10.0 Å². The molecule has 0 fully saturated rings. The normalized spacial score (nSPS) is 11.4. The van der Waals surface area contributed by atoms with E-state index in [2.05, 4.69) is 30.6 Å². The number of sulfonamides is 1. The van der Waals surface area contributed by atoms with E-state index in [9.17, 15) is 8.42 Å². The molecule has 2 heterocycles. The quantitative estimate of drug-likeness (QED) is 0.803. The van der Waals surface area contributed by atoms with Gasteiger partial charge in [-0.2, -0.15) is 0 Å². The largest absolute Gasteiger partial charge is 0.264 e. The van der Waals surface area contributed by atoms with E-state index in [-0.39, 0.29) is 20.9 Å². The maximum Gasteiger partial charge on any atom is 0.264 e. The number of hydrogen-bond donors (Lipinski definition) is 1. The van der Waals surface area contributed by atoms with Gasteiger partial charge in [0.25, 0.3) is 10.0 Å². The molecular formula is C11H8BrCl2N3O2S. The van der Waals surface area contributed by atoms with Gasteiger partial charge < -0.3 is 0 Å². The summed E-state index contributed by atoms with van der Waals surface area (Å²) in [6.07, 6.45) is 2.63. The van der Waals surface area contributed by atoms with Crippen molar-refractivity contribution in [1.82, 2.24) is 9.97 Å². The Balaban J connectivity index is 2.38. The second-order valence-electron chi connectivity index (χ2n) is 3.87. The number of anilines is 1. The Morgan fingerprint density at radius 1 is 1.20 bits per heavy atom. The molecule has 0 saturated carbocycles. The molecule has 0 aliphatic carbocycles. The van der Waals surface area contributed by atoms with Gasteiger partial charge in [-0.15, -0.1) is 0 Å². The second-order valence-corrected chi connectivity index (χ2v) is 7.23. The minimum absolute atomic E-state index is 0.0450. The van der Waals surface area contributed by atoms with Crippen molar-refractivity contribution in [3.63, 3.8) is 0 Å². The zero-order valence-corrected chi connectivity index (χ0v) is 14.0. The number of rotatable bonds is 3. The van der Waals surface area contributed by atoms with E-state index in [0.717, 1.165) is 10.7 Å². The fourth-order valence-electron chi connectivity index (χ4n) is 1.38. The first-order valence-corrected chi connectivity index (χ1v) is 8.29. The first kappa shape index (κ1) is 15.5. The Kier molecular flexibility index (Phi) is 4.53. The summed E-state index contributed by atoms with van der Waals surface area (Å²) in [5.41, 5.74) is 0.677. The van der Waals surface area contributed by atoms with Crippen LogP contribution in [0.3, 0.4) is 0 Å². The van der Waals surface area contributed by atoms with E-state index in [1.807, 2.05) is 0 Å². The number of hydrogen-bond acceptors (Lipinski definition) is 4. The molecule has 9 heteroatoms. The van der Waals surface area contributed by atoms with Gasteiger partial charge in [0.15, 0.2) is 0 Å². The standard InChI is InChI=1S/C11H8BrCl2N3O2S/c1-6-2-7(12)4-16-11(6)17-20(18,19)8-3-9(13)10(14)15-5-8/h2-5H,1H3,(H,16,17). The van der Waals surface area contributed by atoms with Gasteiger partial charge in [-0.1, -0.05) is 23.2 Å². The van der Waals surface area contributed by atoms with Crippen molar-refractivity contribution in [1.29, 1.82) is 0 Å². The minimum atomic E-state index is -3.82. The van der Waals surface area contributed by atoms with Gasteiger partial charge in [-0.3, -0.25) is 4.72 Å². The van der Waals surface area contributed by atoms with Crippen LogP contribution in [0.25, 0.3) is 0 Å². The molecule has 2 aromatic rings. The Hall–Kier alpha value is -0.890. The maximum absolute atomic E-state index is 12.2. The van der Waals surface area contributed by atoms with Crippen LogP contribution < -0.4 is 4.72 Å². The Morgan fingerprint density at radius 2 is 1.90 bits per heavy atom. The van der Waals surface area contributed by atoms with Gasteiger partial charge in [-0.05, 0) is 40.5 Å². The molecule has 0 radical (unpaired) electrons. The summed E-state index contributed by atoms with van der Waals surface area (Å²) in [6, 6.07) is 2.98. The summed E-state index contributed by atoms with van der Waals surface area (Å²) >= 11 is 14.7. The van der Waals surface area contributed by atoms with E-state index < -0.39 is 10.0 Å². The van der Waals surface area contributed by atoms with Gasteiger partial charge in [-0.25, -0.2) is 18.4 Å². The number of nitrogens with zero attached hydrogens (tertiary/aromatic N) is 2. The molecule has 1 N–H and O–H groups in total. The van der Waals surface area contributed by atoms with Crippen molar-refractivity contribution < 1.29 is 8.42 Å². The maximum atomic E-state index is 12.2. The zero-order chi connectivity index (χ0) is 14.9. The third kappa shape index (κ3) is 3.41. The van der Waals surface area contributed by atoms with Gasteiger partial charge >= 0.3 is 0 Å². The lowest BCUT2D eigenvalue weighted by atomic mass is 10.3. The topological polar surface area (TPSA) is 72.0 Å². The Morgan fingerprint density at radius 3 is 2.50 bits per heavy atom. The average Bonchev–Trinajstić information content (AvgIpc) is 2.36. The molecule has 0 unspecified atom stereocenters. The third-order valence-electron chi connectivity index (χ3n) is 2.36. The lowest BCUT2D eigenvalue weighted by Gasteiger charge is -2.10. The predicted octanol–water partition coefficient (Wildman–Crippen LogP) is 3.66. The van der Waals surface area contributed by atoms with Crippen LogP contribution in [0, 0.1) is 6.92 Å². The van der Waals surface area contributed by atoms with Gasteiger partial charge in [0, 0.05) is 16.9 Å². The molecule has 106 valence electrons. The van der Waals surface area contributed by atoms with Crippen LogP contribution >= 0.6 is 39.1 Å². The number of pyridine rings is 2. The van der Waals surface area contributed by atoms with Crippen molar-refractivity contribution in [2.45, 2.75) is 11.8 Å². The molecule has 0 spiro atoms. The Labute approximate surface area is 134 Å². The number of nitrogens with one attached hydrogen (secondary N) is 1. The number of aryl methyl sites for hydroxylation is 1. The van der Waals surface area contributed by atoms with Crippen LogP contribution in [0.2, 0.25) is 10.2 Å². The molecule has 5 nitrogen and oxygen atoms in total. The molecule has 0 saturated heterocycles. The average molecular weight is 397 g/mol. The van der Waals surface area contributed by atoms with Gasteiger partial charge in [0.1, 0.15) is 15.9 Å². The molecular weight excluding hydrogens is 389 g/mol. The molecule has 20 heavy (non-hydrogen) atoms. The summed E-state index contributed by atoms with van der Waals surface area (Å²) in [5.74, 6) is 0.235. The monoisotopic (exact) mass is 395 g/mol. The zero-order valence-electron chi connectivity index (χ0n) is 10.1. The summed E-state index contributed by atoms with van der Waals surface area (Å²) in [5, 5.41) is 0.110.